The van der Waals surface area contributed by atoms with Gasteiger partial charge in [0.1, 0.15) is 5.75 Å². The molecule has 0 saturated heterocycles. The molecule has 98 valence electrons. The molecule has 0 aliphatic heterocycles. The monoisotopic (exact) mass is 280 g/mol. The van der Waals surface area contributed by atoms with Crippen molar-refractivity contribution in [3.63, 3.8) is 0 Å². The Balaban J connectivity index is 2.30. The van der Waals surface area contributed by atoms with E-state index in [0.717, 1.165) is 12.1 Å². The summed E-state index contributed by atoms with van der Waals surface area (Å²) in [6.07, 6.45) is 0.641. The topological polar surface area (TPSA) is 60.4 Å². The van der Waals surface area contributed by atoms with Gasteiger partial charge in [-0.3, -0.25) is 4.79 Å². The first-order chi connectivity index (χ1) is 8.21. The van der Waals surface area contributed by atoms with Crippen LogP contribution < -0.4 is 4.18 Å². The molecule has 8 heteroatoms. The van der Waals surface area contributed by atoms with E-state index in [4.69, 9.17) is 0 Å². The van der Waals surface area contributed by atoms with E-state index in [0.29, 0.717) is 17.5 Å². The zero-order valence-corrected chi connectivity index (χ0v) is 9.64. The van der Waals surface area contributed by atoms with Gasteiger partial charge in [-0.05, 0) is 30.2 Å². The predicted octanol–water partition coefficient (Wildman–Crippen LogP) is 2.04. The van der Waals surface area contributed by atoms with Crippen LogP contribution in [0.15, 0.2) is 18.2 Å². The number of aryl methyl sites for hydroxylation is 1. The van der Waals surface area contributed by atoms with Gasteiger partial charge in [0, 0.05) is 12.0 Å². The molecule has 0 unspecified atom stereocenters. The Kier molecular flexibility index (Phi) is 2.84. The van der Waals surface area contributed by atoms with E-state index in [9.17, 15) is 26.4 Å². The van der Waals surface area contributed by atoms with Crippen LogP contribution in [0.3, 0.4) is 0 Å². The number of ketones is 1. The van der Waals surface area contributed by atoms with Crippen LogP contribution in [0.4, 0.5) is 13.2 Å². The number of carbonyl (C=O) groups excluding carboxylic acids is 1. The molecule has 1 aromatic carbocycles. The Labute approximate surface area is 100 Å². The number of fused-ring (bicyclic) bond motifs is 1. The second-order valence-corrected chi connectivity index (χ2v) is 5.26. The Morgan fingerprint density at radius 1 is 1.17 bits per heavy atom. The van der Waals surface area contributed by atoms with Gasteiger partial charge in [-0.2, -0.15) is 21.6 Å². The molecule has 0 radical (unpaired) electrons. The van der Waals surface area contributed by atoms with Crippen molar-refractivity contribution in [1.29, 1.82) is 0 Å². The highest BCUT2D eigenvalue weighted by Crippen LogP contribution is 2.30. The third-order valence-electron chi connectivity index (χ3n) is 2.49. The van der Waals surface area contributed by atoms with Crippen molar-refractivity contribution in [2.75, 3.05) is 0 Å². The number of hydrogen-bond donors (Lipinski definition) is 0. The van der Waals surface area contributed by atoms with Crippen molar-refractivity contribution in [2.45, 2.75) is 18.3 Å². The van der Waals surface area contributed by atoms with E-state index in [1.807, 2.05) is 0 Å². The maximum Gasteiger partial charge on any atom is 0.534 e. The van der Waals surface area contributed by atoms with E-state index >= 15 is 0 Å². The second-order valence-electron chi connectivity index (χ2n) is 3.73. The molecule has 0 spiro atoms. The largest absolute Gasteiger partial charge is 0.534 e. The summed E-state index contributed by atoms with van der Waals surface area (Å²) in [7, 11) is -5.67. The molecule has 2 rings (SSSR count). The van der Waals surface area contributed by atoms with Crippen LogP contribution in [-0.4, -0.2) is 19.7 Å². The van der Waals surface area contributed by atoms with Crippen LogP contribution in [0.25, 0.3) is 0 Å². The minimum Gasteiger partial charge on any atom is -0.376 e. The molecule has 0 atom stereocenters. The van der Waals surface area contributed by atoms with Gasteiger partial charge in [-0.15, -0.1) is 0 Å². The number of Topliss-reactive ketones (excluding diaryl/α,β-unsaturated/α-hetero) is 1. The molecule has 0 heterocycles. The third kappa shape index (κ3) is 2.20. The van der Waals surface area contributed by atoms with Gasteiger partial charge < -0.3 is 4.18 Å². The third-order valence-corrected chi connectivity index (χ3v) is 3.47. The van der Waals surface area contributed by atoms with Gasteiger partial charge in [0.2, 0.25) is 0 Å². The quantitative estimate of drug-likeness (QED) is 0.614. The molecule has 0 saturated carbocycles. The van der Waals surface area contributed by atoms with Gasteiger partial charge in [0.05, 0.1) is 0 Å². The standard InChI is InChI=1S/C10H7F3O4S/c11-10(12,13)18(15,16)17-7-2-3-8-6(5-7)1-4-9(8)14/h2-3,5H,1,4H2. The van der Waals surface area contributed by atoms with Gasteiger partial charge in [0.25, 0.3) is 0 Å². The number of halogens is 3. The first kappa shape index (κ1) is 12.9. The maximum absolute atomic E-state index is 12.1. The molecular weight excluding hydrogens is 273 g/mol. The average molecular weight is 280 g/mol. The average Bonchev–Trinajstić information content (AvgIpc) is 2.58. The van der Waals surface area contributed by atoms with Crippen molar-refractivity contribution < 1.29 is 30.6 Å². The fourth-order valence-electron chi connectivity index (χ4n) is 1.66. The summed E-state index contributed by atoms with van der Waals surface area (Å²) in [6.45, 7) is 0. The fourth-order valence-corrected chi connectivity index (χ4v) is 2.11. The van der Waals surface area contributed by atoms with Gasteiger partial charge in [-0.25, -0.2) is 0 Å². The lowest BCUT2D eigenvalue weighted by Crippen LogP contribution is -2.28. The highest BCUT2D eigenvalue weighted by atomic mass is 32.2. The number of hydrogen-bond acceptors (Lipinski definition) is 4. The van der Waals surface area contributed by atoms with E-state index in [2.05, 4.69) is 4.18 Å². The summed E-state index contributed by atoms with van der Waals surface area (Å²) in [4.78, 5) is 11.3. The SMILES string of the molecule is O=C1CCc2cc(OS(=O)(=O)C(F)(F)F)ccc21. The van der Waals surface area contributed by atoms with Crippen LogP contribution in [0.2, 0.25) is 0 Å². The van der Waals surface area contributed by atoms with Crippen LogP contribution in [0.1, 0.15) is 22.3 Å². The van der Waals surface area contributed by atoms with Crippen LogP contribution >= 0.6 is 0 Å². The highest BCUT2D eigenvalue weighted by Gasteiger charge is 2.48. The molecule has 0 bridgehead atoms. The molecule has 0 fully saturated rings. The molecule has 1 aliphatic rings. The normalized spacial score (nSPS) is 15.6. The minimum atomic E-state index is -5.67. The van der Waals surface area contributed by atoms with Crippen LogP contribution in [0, 0.1) is 0 Å². The van der Waals surface area contributed by atoms with Gasteiger partial charge >= 0.3 is 15.6 Å². The summed E-state index contributed by atoms with van der Waals surface area (Å²) >= 11 is 0. The number of benzene rings is 1. The van der Waals surface area contributed by atoms with Crippen molar-refractivity contribution in [2.24, 2.45) is 0 Å². The molecule has 1 aliphatic carbocycles. The lowest BCUT2D eigenvalue weighted by Gasteiger charge is -2.10. The molecule has 1 aromatic rings. The van der Waals surface area contributed by atoms with E-state index in [1.54, 1.807) is 0 Å². The number of alkyl halides is 3. The van der Waals surface area contributed by atoms with E-state index in [-0.39, 0.29) is 12.2 Å². The Bertz CT molecular complexity index is 604. The summed E-state index contributed by atoms with van der Waals surface area (Å²) in [5.74, 6) is -0.559. The van der Waals surface area contributed by atoms with Gasteiger partial charge in [0.15, 0.2) is 5.78 Å². The lowest BCUT2D eigenvalue weighted by atomic mass is 10.1. The first-order valence-electron chi connectivity index (χ1n) is 4.87. The number of rotatable bonds is 2. The molecule has 0 N–H and O–H groups in total. The zero-order valence-electron chi connectivity index (χ0n) is 8.82. The second kappa shape index (κ2) is 3.98. The van der Waals surface area contributed by atoms with Crippen molar-refractivity contribution >= 4 is 15.9 Å². The zero-order chi connectivity index (χ0) is 13.6. The Morgan fingerprint density at radius 2 is 1.83 bits per heavy atom. The molecule has 0 aromatic heterocycles. The number of carbonyl (C=O) groups is 1. The Morgan fingerprint density at radius 3 is 2.44 bits per heavy atom. The van der Waals surface area contributed by atoms with Gasteiger partial charge in [-0.1, -0.05) is 0 Å². The summed E-state index contributed by atoms with van der Waals surface area (Å²) < 4.78 is 61.8. The summed E-state index contributed by atoms with van der Waals surface area (Å²) in [6, 6.07) is 3.45. The molecule has 4 nitrogen and oxygen atoms in total. The van der Waals surface area contributed by atoms with E-state index < -0.39 is 21.4 Å². The van der Waals surface area contributed by atoms with Crippen molar-refractivity contribution in [3.05, 3.63) is 29.3 Å². The lowest BCUT2D eigenvalue weighted by molar-refractivity contribution is -0.0500. The molecular formula is C10H7F3O4S. The molecule has 18 heavy (non-hydrogen) atoms. The predicted molar refractivity (Wildman–Crippen MR) is 54.7 cm³/mol. The summed E-state index contributed by atoms with van der Waals surface area (Å²) in [5, 5.41) is 0. The fraction of sp³-hybridized carbons (Fsp3) is 0.300. The molecule has 0 amide bonds. The smallest absolute Gasteiger partial charge is 0.376 e. The highest BCUT2D eigenvalue weighted by molar-refractivity contribution is 7.87. The summed E-state index contributed by atoms with van der Waals surface area (Å²) in [5.41, 5.74) is -4.58. The maximum atomic E-state index is 12.1. The van der Waals surface area contributed by atoms with Crippen molar-refractivity contribution in [3.8, 4) is 5.75 Å². The van der Waals surface area contributed by atoms with Crippen molar-refractivity contribution in [1.82, 2.24) is 0 Å². The first-order valence-corrected chi connectivity index (χ1v) is 6.28. The van der Waals surface area contributed by atoms with Crippen LogP contribution in [-0.2, 0) is 16.5 Å². The van der Waals surface area contributed by atoms with Crippen LogP contribution in [0.5, 0.6) is 5.75 Å². The minimum absolute atomic E-state index is 0.116. The van der Waals surface area contributed by atoms with E-state index in [1.165, 1.54) is 6.07 Å². The Hall–Kier alpha value is -1.57.